The Labute approximate surface area is 121 Å². The van der Waals surface area contributed by atoms with E-state index in [1.54, 1.807) is 18.2 Å². The van der Waals surface area contributed by atoms with Crippen LogP contribution in [-0.4, -0.2) is 26.2 Å². The monoisotopic (exact) mass is 304 g/mol. The van der Waals surface area contributed by atoms with Crippen LogP contribution in [-0.2, 0) is 19.1 Å². The van der Waals surface area contributed by atoms with Gasteiger partial charge in [-0.1, -0.05) is 29.3 Å². The van der Waals surface area contributed by atoms with Crippen molar-refractivity contribution in [2.24, 2.45) is 0 Å². The van der Waals surface area contributed by atoms with Gasteiger partial charge in [-0.05, 0) is 17.7 Å². The molecule has 0 atom stereocenters. The number of methoxy groups -OCH3 is 2. The number of benzene rings is 1. The van der Waals surface area contributed by atoms with Crippen molar-refractivity contribution in [2.75, 3.05) is 14.2 Å². The number of ether oxygens (including phenoxy) is 2. The summed E-state index contributed by atoms with van der Waals surface area (Å²) in [6.07, 6.45) is 0.146. The normalized spacial score (nSPS) is 10.4. The fourth-order valence-electron chi connectivity index (χ4n) is 1.64. The second kappa shape index (κ2) is 7.36. The van der Waals surface area contributed by atoms with E-state index in [0.29, 0.717) is 10.0 Å². The van der Waals surface area contributed by atoms with Crippen molar-refractivity contribution in [3.05, 3.63) is 33.8 Å². The molecule has 0 aliphatic rings. The molecule has 0 heterocycles. The molecular weight excluding hydrogens is 291 g/mol. The van der Waals surface area contributed by atoms with Crippen LogP contribution in [0, 0.1) is 0 Å². The molecule has 1 aromatic rings. The summed E-state index contributed by atoms with van der Waals surface area (Å²) in [5, 5.41) is 0.791. The maximum atomic E-state index is 11.4. The summed E-state index contributed by atoms with van der Waals surface area (Å²) in [4.78, 5) is 22.8. The van der Waals surface area contributed by atoms with Crippen molar-refractivity contribution in [3.8, 4) is 0 Å². The quantitative estimate of drug-likeness (QED) is 0.784. The highest BCUT2D eigenvalue weighted by atomic mass is 35.5. The van der Waals surface area contributed by atoms with Crippen molar-refractivity contribution >= 4 is 35.1 Å². The Kier molecular flexibility index (Phi) is 6.12. The van der Waals surface area contributed by atoms with Crippen LogP contribution < -0.4 is 0 Å². The summed E-state index contributed by atoms with van der Waals surface area (Å²) in [5.41, 5.74) is 0.741. The predicted octanol–water partition coefficient (Wildman–Crippen LogP) is 3.20. The lowest BCUT2D eigenvalue weighted by molar-refractivity contribution is -0.143. The molecule has 0 saturated heterocycles. The smallest absolute Gasteiger partial charge is 0.306 e. The number of carbonyl (C=O) groups is 2. The third kappa shape index (κ3) is 4.73. The molecule has 0 bridgehead atoms. The molecular formula is C13H14Cl2O4. The van der Waals surface area contributed by atoms with Gasteiger partial charge in [0.05, 0.1) is 37.1 Å². The van der Waals surface area contributed by atoms with Crippen molar-refractivity contribution in [2.45, 2.75) is 18.8 Å². The van der Waals surface area contributed by atoms with E-state index in [9.17, 15) is 9.59 Å². The van der Waals surface area contributed by atoms with E-state index in [4.69, 9.17) is 23.2 Å². The van der Waals surface area contributed by atoms with E-state index in [0.717, 1.165) is 5.56 Å². The fraction of sp³-hybridized carbons (Fsp3) is 0.385. The van der Waals surface area contributed by atoms with Crippen LogP contribution in [0.3, 0.4) is 0 Å². The van der Waals surface area contributed by atoms with Gasteiger partial charge in [0.1, 0.15) is 0 Å². The van der Waals surface area contributed by atoms with Gasteiger partial charge in [0.15, 0.2) is 0 Å². The molecule has 0 aliphatic carbocycles. The molecule has 19 heavy (non-hydrogen) atoms. The Morgan fingerprint density at radius 1 is 1.05 bits per heavy atom. The van der Waals surface area contributed by atoms with Gasteiger partial charge in [-0.3, -0.25) is 9.59 Å². The first-order valence-electron chi connectivity index (χ1n) is 5.56. The van der Waals surface area contributed by atoms with Crippen molar-refractivity contribution in [3.63, 3.8) is 0 Å². The maximum absolute atomic E-state index is 11.4. The van der Waals surface area contributed by atoms with Gasteiger partial charge in [-0.25, -0.2) is 0 Å². The number of carbonyl (C=O) groups excluding carboxylic acids is 2. The van der Waals surface area contributed by atoms with E-state index in [1.807, 2.05) is 0 Å². The average Bonchev–Trinajstić information content (AvgIpc) is 2.40. The van der Waals surface area contributed by atoms with Crippen LogP contribution in [0.25, 0.3) is 0 Å². The Morgan fingerprint density at radius 3 is 2.00 bits per heavy atom. The highest BCUT2D eigenvalue weighted by Gasteiger charge is 2.21. The minimum Gasteiger partial charge on any atom is -0.469 e. The fourth-order valence-corrected chi connectivity index (χ4v) is 1.95. The summed E-state index contributed by atoms with van der Waals surface area (Å²) in [7, 11) is 2.60. The van der Waals surface area contributed by atoms with Gasteiger partial charge in [0, 0.05) is 5.92 Å². The Balaban J connectivity index is 2.96. The van der Waals surface area contributed by atoms with Crippen LogP contribution in [0.15, 0.2) is 18.2 Å². The number of rotatable bonds is 5. The lowest BCUT2D eigenvalue weighted by Crippen LogP contribution is -2.14. The Morgan fingerprint density at radius 2 is 1.58 bits per heavy atom. The van der Waals surface area contributed by atoms with Crippen LogP contribution >= 0.6 is 23.2 Å². The van der Waals surface area contributed by atoms with Gasteiger partial charge >= 0.3 is 11.9 Å². The van der Waals surface area contributed by atoms with Gasteiger partial charge in [0.25, 0.3) is 0 Å². The zero-order valence-electron chi connectivity index (χ0n) is 10.6. The predicted molar refractivity (Wildman–Crippen MR) is 72.5 cm³/mol. The highest BCUT2D eigenvalue weighted by Crippen LogP contribution is 2.30. The molecule has 0 radical (unpaired) electrons. The van der Waals surface area contributed by atoms with E-state index < -0.39 is 11.9 Å². The molecule has 6 heteroatoms. The van der Waals surface area contributed by atoms with Gasteiger partial charge in [-0.15, -0.1) is 0 Å². The van der Waals surface area contributed by atoms with Gasteiger partial charge in [-0.2, -0.15) is 0 Å². The molecule has 0 unspecified atom stereocenters. The lowest BCUT2D eigenvalue weighted by Gasteiger charge is -2.15. The first-order chi connectivity index (χ1) is 8.97. The summed E-state index contributed by atoms with van der Waals surface area (Å²) >= 11 is 11.8. The Hall–Kier alpha value is -1.26. The SMILES string of the molecule is COC(=O)CC(CC(=O)OC)c1ccc(Cl)c(Cl)c1. The van der Waals surface area contributed by atoms with Crippen molar-refractivity contribution in [1.82, 2.24) is 0 Å². The van der Waals surface area contributed by atoms with Gasteiger partial charge < -0.3 is 9.47 Å². The summed E-state index contributed by atoms with van der Waals surface area (Å²) < 4.78 is 9.24. The third-order valence-corrected chi connectivity index (χ3v) is 3.44. The number of halogens is 2. The lowest BCUT2D eigenvalue weighted by atomic mass is 9.92. The standard InChI is InChI=1S/C13H14Cl2O4/c1-18-12(16)6-9(7-13(17)19-2)8-3-4-10(14)11(15)5-8/h3-5,9H,6-7H2,1-2H3. The van der Waals surface area contributed by atoms with E-state index in [2.05, 4.69) is 9.47 Å². The second-order valence-corrected chi connectivity index (χ2v) is 4.75. The van der Waals surface area contributed by atoms with Crippen LogP contribution in [0.1, 0.15) is 24.3 Å². The van der Waals surface area contributed by atoms with Crippen molar-refractivity contribution < 1.29 is 19.1 Å². The van der Waals surface area contributed by atoms with Gasteiger partial charge in [0.2, 0.25) is 0 Å². The number of hydrogen-bond donors (Lipinski definition) is 0. The molecule has 4 nitrogen and oxygen atoms in total. The number of esters is 2. The molecule has 0 amide bonds. The summed E-state index contributed by atoms with van der Waals surface area (Å²) in [6, 6.07) is 4.99. The van der Waals surface area contributed by atoms with Crippen LogP contribution in [0.5, 0.6) is 0 Å². The largest absolute Gasteiger partial charge is 0.469 e. The second-order valence-electron chi connectivity index (χ2n) is 3.93. The van der Waals surface area contributed by atoms with Crippen molar-refractivity contribution in [1.29, 1.82) is 0 Å². The molecule has 0 spiro atoms. The van der Waals surface area contributed by atoms with Crippen LogP contribution in [0.2, 0.25) is 10.0 Å². The van der Waals surface area contributed by atoms with Crippen LogP contribution in [0.4, 0.5) is 0 Å². The van der Waals surface area contributed by atoms with E-state index in [1.165, 1.54) is 14.2 Å². The summed E-state index contributed by atoms with van der Waals surface area (Å²) in [5.74, 6) is -1.16. The molecule has 1 aromatic carbocycles. The molecule has 0 saturated carbocycles. The molecule has 0 fully saturated rings. The summed E-state index contributed by atoms with van der Waals surface area (Å²) in [6.45, 7) is 0. The zero-order chi connectivity index (χ0) is 14.4. The molecule has 104 valence electrons. The molecule has 0 aromatic heterocycles. The maximum Gasteiger partial charge on any atom is 0.306 e. The minimum absolute atomic E-state index is 0.0730. The third-order valence-electron chi connectivity index (χ3n) is 2.70. The average molecular weight is 305 g/mol. The Bertz CT molecular complexity index is 456. The zero-order valence-corrected chi connectivity index (χ0v) is 12.1. The number of hydrogen-bond acceptors (Lipinski definition) is 4. The highest BCUT2D eigenvalue weighted by molar-refractivity contribution is 6.42. The molecule has 1 rings (SSSR count). The topological polar surface area (TPSA) is 52.6 Å². The van der Waals surface area contributed by atoms with E-state index in [-0.39, 0.29) is 18.8 Å². The first-order valence-corrected chi connectivity index (χ1v) is 6.32. The first kappa shape index (κ1) is 15.8. The van der Waals surface area contributed by atoms with E-state index >= 15 is 0 Å². The minimum atomic E-state index is -0.403. The molecule has 0 N–H and O–H groups in total. The molecule has 0 aliphatic heterocycles.